The molecule has 1 saturated heterocycles. The van der Waals surface area contributed by atoms with Crippen molar-refractivity contribution in [2.45, 2.75) is 11.3 Å². The fourth-order valence-corrected chi connectivity index (χ4v) is 4.42. The standard InChI is InChI=1S/C18H22FN3O4S/c1-21-13-15(27(24,25)22-8-10-26-11-9-22)12-17(21)18(23)20-7-6-14-4-2-3-5-16(14)19/h2-5,12-13H,6-11H2,1H3,(H,20,23). The molecule has 1 aromatic heterocycles. The highest BCUT2D eigenvalue weighted by Gasteiger charge is 2.28. The smallest absolute Gasteiger partial charge is 0.267 e. The molecule has 9 heteroatoms. The second-order valence-corrected chi connectivity index (χ2v) is 8.22. The van der Waals surface area contributed by atoms with Crippen molar-refractivity contribution >= 4 is 15.9 Å². The van der Waals surface area contributed by atoms with E-state index in [1.807, 2.05) is 0 Å². The number of halogens is 1. The van der Waals surface area contributed by atoms with Crippen molar-refractivity contribution in [2.24, 2.45) is 7.05 Å². The van der Waals surface area contributed by atoms with Crippen molar-refractivity contribution in [1.82, 2.24) is 14.2 Å². The zero-order chi connectivity index (χ0) is 19.4. The van der Waals surface area contributed by atoms with Gasteiger partial charge in [-0.05, 0) is 24.1 Å². The molecule has 0 bridgehead atoms. The van der Waals surface area contributed by atoms with Gasteiger partial charge in [0.15, 0.2) is 0 Å². The number of carbonyl (C=O) groups is 1. The monoisotopic (exact) mass is 395 g/mol. The lowest BCUT2D eigenvalue weighted by Crippen LogP contribution is -2.40. The molecule has 0 atom stereocenters. The highest BCUT2D eigenvalue weighted by atomic mass is 32.2. The number of aromatic nitrogens is 1. The maximum atomic E-state index is 13.6. The molecule has 0 unspecified atom stereocenters. The molecular formula is C18H22FN3O4S. The van der Waals surface area contributed by atoms with E-state index in [9.17, 15) is 17.6 Å². The summed E-state index contributed by atoms with van der Waals surface area (Å²) in [4.78, 5) is 12.5. The molecule has 3 rings (SSSR count). The van der Waals surface area contributed by atoms with E-state index in [1.54, 1.807) is 25.2 Å². The number of hydrogen-bond acceptors (Lipinski definition) is 4. The number of ether oxygens (including phenoxy) is 1. The lowest BCUT2D eigenvalue weighted by molar-refractivity contribution is 0.0730. The molecule has 2 aromatic rings. The van der Waals surface area contributed by atoms with E-state index in [-0.39, 0.29) is 23.0 Å². The highest BCUT2D eigenvalue weighted by Crippen LogP contribution is 2.19. The molecule has 1 N–H and O–H groups in total. The Morgan fingerprint density at radius 3 is 2.67 bits per heavy atom. The number of morpholine rings is 1. The molecular weight excluding hydrogens is 373 g/mol. The topological polar surface area (TPSA) is 80.6 Å². The van der Waals surface area contributed by atoms with E-state index in [0.717, 1.165) is 0 Å². The Labute approximate surface area is 157 Å². The Balaban J connectivity index is 1.66. The predicted octanol–water partition coefficient (Wildman–Crippen LogP) is 1.16. The molecule has 0 saturated carbocycles. The summed E-state index contributed by atoms with van der Waals surface area (Å²) in [7, 11) is -2.05. The Hall–Kier alpha value is -2.23. The summed E-state index contributed by atoms with van der Waals surface area (Å²) < 4.78 is 47.0. The highest BCUT2D eigenvalue weighted by molar-refractivity contribution is 7.89. The third kappa shape index (κ3) is 4.37. The molecule has 1 amide bonds. The summed E-state index contributed by atoms with van der Waals surface area (Å²) in [6.45, 7) is 1.55. The van der Waals surface area contributed by atoms with Crippen LogP contribution in [0.15, 0.2) is 41.4 Å². The first-order valence-electron chi connectivity index (χ1n) is 8.65. The van der Waals surface area contributed by atoms with Gasteiger partial charge in [-0.2, -0.15) is 4.31 Å². The summed E-state index contributed by atoms with van der Waals surface area (Å²) in [5.74, 6) is -0.721. The first-order chi connectivity index (χ1) is 12.9. The third-order valence-electron chi connectivity index (χ3n) is 4.46. The van der Waals surface area contributed by atoms with Crippen LogP contribution in [0, 0.1) is 5.82 Å². The van der Waals surface area contributed by atoms with Crippen molar-refractivity contribution in [3.63, 3.8) is 0 Å². The fraction of sp³-hybridized carbons (Fsp3) is 0.389. The lowest BCUT2D eigenvalue weighted by atomic mass is 10.1. The van der Waals surface area contributed by atoms with Gasteiger partial charge in [-0.25, -0.2) is 12.8 Å². The van der Waals surface area contributed by atoms with Crippen molar-refractivity contribution < 1.29 is 22.3 Å². The van der Waals surface area contributed by atoms with E-state index in [0.29, 0.717) is 38.3 Å². The number of rotatable bonds is 6. The Morgan fingerprint density at radius 2 is 1.96 bits per heavy atom. The average Bonchev–Trinajstić information content (AvgIpc) is 3.06. The Bertz CT molecular complexity index is 920. The molecule has 146 valence electrons. The van der Waals surface area contributed by atoms with E-state index >= 15 is 0 Å². The Kier molecular flexibility index (Phi) is 5.93. The van der Waals surface area contributed by atoms with Crippen LogP contribution in [-0.2, 0) is 28.2 Å². The zero-order valence-corrected chi connectivity index (χ0v) is 15.8. The summed E-state index contributed by atoms with van der Waals surface area (Å²) in [6.07, 6.45) is 1.78. The van der Waals surface area contributed by atoms with Crippen molar-refractivity contribution in [1.29, 1.82) is 0 Å². The molecule has 1 aliphatic heterocycles. The summed E-state index contributed by atoms with van der Waals surface area (Å²) >= 11 is 0. The minimum absolute atomic E-state index is 0.0751. The van der Waals surface area contributed by atoms with Crippen LogP contribution in [0.2, 0.25) is 0 Å². The van der Waals surface area contributed by atoms with Gasteiger partial charge in [0.1, 0.15) is 16.4 Å². The van der Waals surface area contributed by atoms with Crippen LogP contribution in [-0.4, -0.2) is 56.0 Å². The largest absolute Gasteiger partial charge is 0.379 e. The number of amides is 1. The normalized spacial score (nSPS) is 15.6. The van der Waals surface area contributed by atoms with Crippen LogP contribution < -0.4 is 5.32 Å². The molecule has 1 fully saturated rings. The fourth-order valence-electron chi connectivity index (χ4n) is 2.94. The molecule has 0 spiro atoms. The third-order valence-corrected chi connectivity index (χ3v) is 6.32. The molecule has 27 heavy (non-hydrogen) atoms. The molecule has 1 aromatic carbocycles. The van der Waals surface area contributed by atoms with Crippen LogP contribution in [0.4, 0.5) is 4.39 Å². The van der Waals surface area contributed by atoms with Gasteiger partial charge in [-0.1, -0.05) is 18.2 Å². The predicted molar refractivity (Wildman–Crippen MR) is 97.4 cm³/mol. The number of carbonyl (C=O) groups excluding carboxylic acids is 1. The molecule has 0 aliphatic carbocycles. The maximum absolute atomic E-state index is 13.6. The van der Waals surface area contributed by atoms with Crippen LogP contribution in [0.3, 0.4) is 0 Å². The SMILES string of the molecule is Cn1cc(S(=O)(=O)N2CCOCC2)cc1C(=O)NCCc1ccccc1F. The number of sulfonamides is 1. The lowest BCUT2D eigenvalue weighted by Gasteiger charge is -2.25. The van der Waals surface area contributed by atoms with Crippen molar-refractivity contribution in [2.75, 3.05) is 32.8 Å². The number of aryl methyl sites for hydroxylation is 1. The van der Waals surface area contributed by atoms with Gasteiger partial charge in [0, 0.05) is 32.9 Å². The molecule has 0 radical (unpaired) electrons. The van der Waals surface area contributed by atoms with Gasteiger partial charge in [0.2, 0.25) is 10.0 Å². The number of benzene rings is 1. The molecule has 7 nitrogen and oxygen atoms in total. The van der Waals surface area contributed by atoms with Crippen LogP contribution >= 0.6 is 0 Å². The maximum Gasteiger partial charge on any atom is 0.267 e. The van der Waals surface area contributed by atoms with Gasteiger partial charge in [-0.15, -0.1) is 0 Å². The van der Waals surface area contributed by atoms with E-state index in [1.165, 1.54) is 27.2 Å². The van der Waals surface area contributed by atoms with Crippen molar-refractivity contribution in [3.05, 3.63) is 53.6 Å². The summed E-state index contributed by atoms with van der Waals surface area (Å²) in [5, 5.41) is 2.70. The first kappa shape index (κ1) is 19.5. The second kappa shape index (κ2) is 8.20. The van der Waals surface area contributed by atoms with Gasteiger partial charge in [-0.3, -0.25) is 4.79 Å². The first-order valence-corrected chi connectivity index (χ1v) is 10.1. The van der Waals surface area contributed by atoms with Crippen LogP contribution in [0.1, 0.15) is 16.1 Å². The number of hydrogen-bond donors (Lipinski definition) is 1. The van der Waals surface area contributed by atoms with E-state index in [4.69, 9.17) is 4.74 Å². The van der Waals surface area contributed by atoms with Crippen molar-refractivity contribution in [3.8, 4) is 0 Å². The zero-order valence-electron chi connectivity index (χ0n) is 15.0. The number of nitrogens with zero attached hydrogens (tertiary/aromatic N) is 2. The van der Waals surface area contributed by atoms with Crippen LogP contribution in [0.25, 0.3) is 0 Å². The summed E-state index contributed by atoms with van der Waals surface area (Å²) in [6, 6.07) is 7.75. The quantitative estimate of drug-likeness (QED) is 0.796. The summed E-state index contributed by atoms with van der Waals surface area (Å²) in [5.41, 5.74) is 0.746. The molecule has 2 heterocycles. The van der Waals surface area contributed by atoms with Gasteiger partial charge >= 0.3 is 0 Å². The van der Waals surface area contributed by atoms with Gasteiger partial charge in [0.05, 0.1) is 13.2 Å². The van der Waals surface area contributed by atoms with Gasteiger partial charge < -0.3 is 14.6 Å². The second-order valence-electron chi connectivity index (χ2n) is 6.29. The van der Waals surface area contributed by atoms with E-state index in [2.05, 4.69) is 5.32 Å². The molecule has 1 aliphatic rings. The van der Waals surface area contributed by atoms with Gasteiger partial charge in [0.25, 0.3) is 5.91 Å². The average molecular weight is 395 g/mol. The number of nitrogens with one attached hydrogen (secondary N) is 1. The Morgan fingerprint density at radius 1 is 1.26 bits per heavy atom. The minimum Gasteiger partial charge on any atom is -0.379 e. The van der Waals surface area contributed by atoms with Crippen LogP contribution in [0.5, 0.6) is 0 Å². The minimum atomic E-state index is -3.66. The van der Waals surface area contributed by atoms with E-state index < -0.39 is 15.9 Å².